The molecule has 0 amide bonds. The standard InChI is InChI=1S/C12H21BrO4/c1-2-11(14)5-7-17-9-8-16-6-3-4-12(15)10-13/h2-10H2,1H3. The molecule has 0 atom stereocenters. The van der Waals surface area contributed by atoms with E-state index in [0.717, 1.165) is 6.42 Å². The summed E-state index contributed by atoms with van der Waals surface area (Å²) in [5.74, 6) is 0.419. The van der Waals surface area contributed by atoms with E-state index in [9.17, 15) is 9.59 Å². The third-order valence-electron chi connectivity index (χ3n) is 2.18. The second-order valence-corrected chi connectivity index (χ2v) is 4.20. The number of ketones is 2. The van der Waals surface area contributed by atoms with Gasteiger partial charge in [-0.2, -0.15) is 0 Å². The van der Waals surface area contributed by atoms with Gasteiger partial charge in [0.25, 0.3) is 0 Å². The zero-order valence-corrected chi connectivity index (χ0v) is 12.0. The van der Waals surface area contributed by atoms with Gasteiger partial charge in [-0.1, -0.05) is 22.9 Å². The zero-order chi connectivity index (χ0) is 12.9. The van der Waals surface area contributed by atoms with Crippen molar-refractivity contribution in [2.75, 3.05) is 31.8 Å². The first-order valence-electron chi connectivity index (χ1n) is 5.95. The Labute approximate surface area is 111 Å². The van der Waals surface area contributed by atoms with Gasteiger partial charge in [-0.3, -0.25) is 9.59 Å². The molecule has 0 aromatic heterocycles. The number of halogens is 1. The third-order valence-corrected chi connectivity index (χ3v) is 2.81. The van der Waals surface area contributed by atoms with Crippen LogP contribution in [0.15, 0.2) is 0 Å². The lowest BCUT2D eigenvalue weighted by Crippen LogP contribution is -2.09. The molecule has 0 aromatic carbocycles. The molecule has 5 heteroatoms. The summed E-state index contributed by atoms with van der Waals surface area (Å²) in [5, 5.41) is 0.418. The topological polar surface area (TPSA) is 52.6 Å². The highest BCUT2D eigenvalue weighted by Crippen LogP contribution is 1.95. The van der Waals surface area contributed by atoms with Crippen molar-refractivity contribution in [1.82, 2.24) is 0 Å². The molecule has 0 rings (SSSR count). The molecule has 17 heavy (non-hydrogen) atoms. The first kappa shape index (κ1) is 16.7. The first-order valence-corrected chi connectivity index (χ1v) is 7.07. The van der Waals surface area contributed by atoms with Gasteiger partial charge in [0.15, 0.2) is 0 Å². The number of ether oxygens (including phenoxy) is 2. The Morgan fingerprint density at radius 2 is 1.59 bits per heavy atom. The van der Waals surface area contributed by atoms with Crippen molar-refractivity contribution in [3.05, 3.63) is 0 Å². The van der Waals surface area contributed by atoms with E-state index in [-0.39, 0.29) is 11.6 Å². The summed E-state index contributed by atoms with van der Waals surface area (Å²) >= 11 is 3.11. The molecule has 0 heterocycles. The summed E-state index contributed by atoms with van der Waals surface area (Å²) in [5.41, 5.74) is 0. The molecular weight excluding hydrogens is 288 g/mol. The predicted molar refractivity (Wildman–Crippen MR) is 69.6 cm³/mol. The summed E-state index contributed by atoms with van der Waals surface area (Å²) in [4.78, 5) is 21.9. The maximum atomic E-state index is 10.9. The fraction of sp³-hybridized carbons (Fsp3) is 0.833. The van der Waals surface area contributed by atoms with Crippen molar-refractivity contribution in [1.29, 1.82) is 0 Å². The lowest BCUT2D eigenvalue weighted by Gasteiger charge is -2.04. The van der Waals surface area contributed by atoms with Crippen molar-refractivity contribution in [3.63, 3.8) is 0 Å². The van der Waals surface area contributed by atoms with Crippen LogP contribution < -0.4 is 0 Å². The van der Waals surface area contributed by atoms with E-state index in [1.54, 1.807) is 0 Å². The number of rotatable bonds is 12. The Hall–Kier alpha value is -0.260. The molecule has 0 saturated heterocycles. The predicted octanol–water partition coefficient (Wildman–Crippen LogP) is 2.13. The normalized spacial score (nSPS) is 10.5. The van der Waals surface area contributed by atoms with Crippen molar-refractivity contribution in [3.8, 4) is 0 Å². The molecule has 0 radical (unpaired) electrons. The molecular formula is C12H21BrO4. The zero-order valence-electron chi connectivity index (χ0n) is 10.4. The van der Waals surface area contributed by atoms with Crippen molar-refractivity contribution in [2.45, 2.75) is 32.6 Å². The summed E-state index contributed by atoms with van der Waals surface area (Å²) < 4.78 is 10.5. The lowest BCUT2D eigenvalue weighted by atomic mass is 10.2. The van der Waals surface area contributed by atoms with E-state index < -0.39 is 0 Å². The van der Waals surface area contributed by atoms with Gasteiger partial charge in [-0.25, -0.2) is 0 Å². The molecule has 4 nitrogen and oxygen atoms in total. The molecule has 0 N–H and O–H groups in total. The fourth-order valence-electron chi connectivity index (χ4n) is 1.12. The second kappa shape index (κ2) is 12.2. The van der Waals surface area contributed by atoms with Crippen LogP contribution in [0, 0.1) is 0 Å². The van der Waals surface area contributed by atoms with E-state index in [1.807, 2.05) is 6.92 Å². The van der Waals surface area contributed by atoms with Crippen LogP contribution in [0.5, 0.6) is 0 Å². The molecule has 0 unspecified atom stereocenters. The van der Waals surface area contributed by atoms with Crippen LogP contribution >= 0.6 is 15.9 Å². The minimum absolute atomic E-state index is 0.197. The van der Waals surface area contributed by atoms with E-state index in [1.165, 1.54) is 0 Å². The number of carbonyl (C=O) groups is 2. The van der Waals surface area contributed by atoms with Crippen molar-refractivity contribution >= 4 is 27.5 Å². The highest BCUT2D eigenvalue weighted by atomic mass is 79.9. The minimum Gasteiger partial charge on any atom is -0.379 e. The van der Waals surface area contributed by atoms with E-state index in [4.69, 9.17) is 9.47 Å². The number of Topliss-reactive ketones (excluding diaryl/α,β-unsaturated/α-hetero) is 2. The Kier molecular flexibility index (Phi) is 12.0. The summed E-state index contributed by atoms with van der Waals surface area (Å²) in [6, 6.07) is 0. The maximum absolute atomic E-state index is 10.9. The van der Waals surface area contributed by atoms with Crippen molar-refractivity contribution in [2.24, 2.45) is 0 Å². The molecule has 0 aliphatic carbocycles. The highest BCUT2D eigenvalue weighted by molar-refractivity contribution is 9.09. The van der Waals surface area contributed by atoms with E-state index in [2.05, 4.69) is 15.9 Å². The van der Waals surface area contributed by atoms with Gasteiger partial charge in [0, 0.05) is 25.9 Å². The molecule has 0 saturated carbocycles. The number of carbonyl (C=O) groups excluding carboxylic acids is 2. The molecule has 0 bridgehead atoms. The monoisotopic (exact) mass is 308 g/mol. The van der Waals surface area contributed by atoms with Gasteiger partial charge in [-0.05, 0) is 6.42 Å². The van der Waals surface area contributed by atoms with Crippen LogP contribution in [-0.2, 0) is 19.1 Å². The van der Waals surface area contributed by atoms with Gasteiger partial charge in [0.05, 0.1) is 25.2 Å². The summed E-state index contributed by atoms with van der Waals surface area (Å²) in [6.07, 6.45) is 2.35. The minimum atomic E-state index is 0.197. The van der Waals surface area contributed by atoms with Crippen LogP contribution in [0.4, 0.5) is 0 Å². The number of hydrogen-bond acceptors (Lipinski definition) is 4. The van der Waals surface area contributed by atoms with Crippen LogP contribution in [-0.4, -0.2) is 43.3 Å². The van der Waals surface area contributed by atoms with E-state index in [0.29, 0.717) is 51.0 Å². The molecule has 100 valence electrons. The first-order chi connectivity index (χ1) is 8.20. The molecule has 0 aliphatic rings. The fourth-order valence-corrected chi connectivity index (χ4v) is 1.40. The van der Waals surface area contributed by atoms with Crippen LogP contribution in [0.1, 0.15) is 32.6 Å². The summed E-state index contributed by atoms with van der Waals surface area (Å²) in [6.45, 7) is 3.92. The Morgan fingerprint density at radius 1 is 0.941 bits per heavy atom. The number of hydrogen-bond donors (Lipinski definition) is 0. The molecule has 0 aromatic rings. The average molecular weight is 309 g/mol. The Balaban J connectivity index is 3.08. The van der Waals surface area contributed by atoms with Gasteiger partial charge >= 0.3 is 0 Å². The number of alkyl halides is 1. The van der Waals surface area contributed by atoms with Crippen LogP contribution in [0.25, 0.3) is 0 Å². The van der Waals surface area contributed by atoms with Gasteiger partial charge in [0.1, 0.15) is 11.6 Å². The van der Waals surface area contributed by atoms with Gasteiger partial charge in [0.2, 0.25) is 0 Å². The quantitative estimate of drug-likeness (QED) is 0.409. The highest BCUT2D eigenvalue weighted by Gasteiger charge is 1.99. The largest absolute Gasteiger partial charge is 0.379 e. The van der Waals surface area contributed by atoms with Crippen LogP contribution in [0.2, 0.25) is 0 Å². The molecule has 0 spiro atoms. The molecule has 0 fully saturated rings. The third kappa shape index (κ3) is 12.0. The van der Waals surface area contributed by atoms with Crippen LogP contribution in [0.3, 0.4) is 0 Å². The smallest absolute Gasteiger partial charge is 0.143 e. The van der Waals surface area contributed by atoms with Crippen molar-refractivity contribution < 1.29 is 19.1 Å². The SMILES string of the molecule is CCC(=O)CCOCCOCCCC(=O)CBr. The second-order valence-electron chi connectivity index (χ2n) is 3.64. The molecule has 0 aliphatic heterocycles. The van der Waals surface area contributed by atoms with E-state index >= 15 is 0 Å². The van der Waals surface area contributed by atoms with Gasteiger partial charge < -0.3 is 9.47 Å². The van der Waals surface area contributed by atoms with Gasteiger partial charge in [-0.15, -0.1) is 0 Å². The Bertz CT molecular complexity index is 197. The maximum Gasteiger partial charge on any atom is 0.143 e. The Morgan fingerprint density at radius 3 is 2.18 bits per heavy atom. The lowest BCUT2D eigenvalue weighted by molar-refractivity contribution is -0.120. The average Bonchev–Trinajstić information content (AvgIpc) is 2.35. The summed E-state index contributed by atoms with van der Waals surface area (Å²) in [7, 11) is 0.